The number of carboxylic acids is 1. The zero-order valence-electron chi connectivity index (χ0n) is 12.5. The molecule has 134 valence electrons. The number of aliphatic carboxylic acids is 1. The molecule has 1 aromatic heterocycles. The largest absolute Gasteiger partial charge is 0.481 e. The number of hydrogen-bond acceptors (Lipinski definition) is 7. The van der Waals surface area contributed by atoms with Gasteiger partial charge in [0.25, 0.3) is 5.56 Å². The van der Waals surface area contributed by atoms with Gasteiger partial charge in [-0.05, 0) is 0 Å². The standard InChI is InChI=1S/C13H18FN3O7/c14-10-11(22)7(5-18)24-12(10)16-2-1-8(19)17(13(16)23)4-6(15)3-9(20)21/h1-2,6-7,10-12,18,22H,3-5,15H2,(H,20,21)/t6-,7-,10-,11?,12-/m1/s1. The van der Waals surface area contributed by atoms with Gasteiger partial charge in [-0.3, -0.25) is 18.7 Å². The van der Waals surface area contributed by atoms with Crippen molar-refractivity contribution in [3.8, 4) is 0 Å². The van der Waals surface area contributed by atoms with Gasteiger partial charge in [0.05, 0.1) is 13.0 Å². The minimum atomic E-state index is -1.99. The average Bonchev–Trinajstić information content (AvgIpc) is 2.79. The molecule has 1 unspecified atom stereocenters. The van der Waals surface area contributed by atoms with Crippen molar-refractivity contribution in [1.29, 1.82) is 0 Å². The number of nitrogens with zero attached hydrogens (tertiary/aromatic N) is 2. The molecule has 1 saturated heterocycles. The van der Waals surface area contributed by atoms with Crippen molar-refractivity contribution in [2.75, 3.05) is 6.61 Å². The molecule has 0 aromatic carbocycles. The second kappa shape index (κ2) is 7.21. The minimum Gasteiger partial charge on any atom is -0.481 e. The number of alkyl halides is 1. The zero-order chi connectivity index (χ0) is 18.0. The Morgan fingerprint density at radius 1 is 1.46 bits per heavy atom. The molecule has 1 fully saturated rings. The molecule has 2 heterocycles. The van der Waals surface area contributed by atoms with Gasteiger partial charge >= 0.3 is 11.7 Å². The molecule has 1 aliphatic rings. The molecule has 1 aromatic rings. The average molecular weight is 347 g/mol. The fourth-order valence-electron chi connectivity index (χ4n) is 2.49. The third-order valence-electron chi connectivity index (χ3n) is 3.70. The molecule has 24 heavy (non-hydrogen) atoms. The van der Waals surface area contributed by atoms with Crippen molar-refractivity contribution < 1.29 is 29.2 Å². The van der Waals surface area contributed by atoms with Crippen LogP contribution in [0.4, 0.5) is 4.39 Å². The lowest BCUT2D eigenvalue weighted by Crippen LogP contribution is -2.45. The Balaban J connectivity index is 2.34. The highest BCUT2D eigenvalue weighted by Crippen LogP contribution is 2.30. The number of ether oxygens (including phenoxy) is 1. The fraction of sp³-hybridized carbons (Fsp3) is 0.615. The number of carboxylic acid groups (broad SMARTS) is 1. The lowest BCUT2D eigenvalue weighted by molar-refractivity contribution is -0.137. The predicted molar refractivity (Wildman–Crippen MR) is 77.1 cm³/mol. The van der Waals surface area contributed by atoms with Gasteiger partial charge in [0.15, 0.2) is 12.4 Å². The van der Waals surface area contributed by atoms with Crippen LogP contribution in [-0.2, 0) is 16.1 Å². The molecule has 2 rings (SSSR count). The zero-order valence-corrected chi connectivity index (χ0v) is 12.5. The summed E-state index contributed by atoms with van der Waals surface area (Å²) < 4.78 is 20.7. The van der Waals surface area contributed by atoms with Crippen molar-refractivity contribution in [1.82, 2.24) is 9.13 Å². The lowest BCUT2D eigenvalue weighted by atomic mass is 10.1. The van der Waals surface area contributed by atoms with Crippen molar-refractivity contribution in [2.45, 2.75) is 43.6 Å². The predicted octanol–water partition coefficient (Wildman–Crippen LogP) is -2.60. The van der Waals surface area contributed by atoms with E-state index >= 15 is 0 Å². The molecule has 0 saturated carbocycles. The molecular weight excluding hydrogens is 329 g/mol. The number of aromatic nitrogens is 2. The number of aliphatic hydroxyl groups is 2. The van der Waals surface area contributed by atoms with Crippen molar-refractivity contribution in [3.05, 3.63) is 33.1 Å². The Labute approximate surface area is 134 Å². The maximum Gasteiger partial charge on any atom is 0.333 e. The summed E-state index contributed by atoms with van der Waals surface area (Å²) in [4.78, 5) is 34.8. The highest BCUT2D eigenvalue weighted by Gasteiger charge is 2.45. The first kappa shape index (κ1) is 18.3. The first-order valence-corrected chi connectivity index (χ1v) is 7.14. The maximum absolute atomic E-state index is 14.1. The van der Waals surface area contributed by atoms with Crippen LogP contribution in [0, 0.1) is 0 Å². The summed E-state index contributed by atoms with van der Waals surface area (Å²) in [5.74, 6) is -1.19. The Morgan fingerprint density at radius 2 is 2.12 bits per heavy atom. The summed E-state index contributed by atoms with van der Waals surface area (Å²) in [6.45, 7) is -1.02. The van der Waals surface area contributed by atoms with Crippen LogP contribution in [-0.4, -0.2) is 61.5 Å². The molecule has 1 aliphatic heterocycles. The Bertz CT molecular complexity index is 718. The van der Waals surface area contributed by atoms with E-state index in [0.717, 1.165) is 16.8 Å². The number of halogens is 1. The number of nitrogens with two attached hydrogens (primary N) is 1. The van der Waals surface area contributed by atoms with E-state index in [4.69, 9.17) is 20.7 Å². The summed E-state index contributed by atoms with van der Waals surface area (Å²) in [5, 5.41) is 27.3. The molecule has 0 amide bonds. The van der Waals surface area contributed by atoms with Gasteiger partial charge in [0, 0.05) is 24.8 Å². The number of carbonyl (C=O) groups is 1. The van der Waals surface area contributed by atoms with Gasteiger partial charge in [-0.1, -0.05) is 0 Å². The van der Waals surface area contributed by atoms with Crippen LogP contribution >= 0.6 is 0 Å². The molecule has 10 nitrogen and oxygen atoms in total. The molecular formula is C13H18FN3O7. The van der Waals surface area contributed by atoms with Crippen LogP contribution in [0.15, 0.2) is 21.9 Å². The van der Waals surface area contributed by atoms with E-state index in [9.17, 15) is 23.9 Å². The van der Waals surface area contributed by atoms with Gasteiger partial charge in [-0.2, -0.15) is 0 Å². The smallest absolute Gasteiger partial charge is 0.333 e. The molecule has 0 bridgehead atoms. The monoisotopic (exact) mass is 347 g/mol. The summed E-state index contributed by atoms with van der Waals surface area (Å²) in [6, 6.07) is -0.0194. The van der Waals surface area contributed by atoms with Crippen molar-refractivity contribution in [3.63, 3.8) is 0 Å². The van der Waals surface area contributed by atoms with E-state index in [1.165, 1.54) is 0 Å². The van der Waals surface area contributed by atoms with E-state index in [2.05, 4.69) is 0 Å². The molecule has 5 N–H and O–H groups in total. The fourth-order valence-corrected chi connectivity index (χ4v) is 2.49. The minimum absolute atomic E-state index is 0.375. The van der Waals surface area contributed by atoms with Crippen LogP contribution < -0.4 is 17.0 Å². The Kier molecular flexibility index (Phi) is 5.49. The van der Waals surface area contributed by atoms with Gasteiger partial charge < -0.3 is 25.8 Å². The normalized spacial score (nSPS) is 28.0. The van der Waals surface area contributed by atoms with E-state index in [1.54, 1.807) is 0 Å². The summed E-state index contributed by atoms with van der Waals surface area (Å²) in [5.41, 5.74) is 3.89. The quantitative estimate of drug-likeness (QED) is 0.436. The topological polar surface area (TPSA) is 157 Å². The van der Waals surface area contributed by atoms with E-state index in [1.807, 2.05) is 0 Å². The summed E-state index contributed by atoms with van der Waals surface area (Å²) >= 11 is 0. The highest BCUT2D eigenvalue weighted by molar-refractivity contribution is 5.67. The van der Waals surface area contributed by atoms with Crippen LogP contribution in [0.5, 0.6) is 0 Å². The number of hydrogen-bond donors (Lipinski definition) is 4. The first-order chi connectivity index (χ1) is 11.3. The van der Waals surface area contributed by atoms with E-state index in [-0.39, 0.29) is 6.54 Å². The Hall–Kier alpha value is -2.08. The number of aliphatic hydroxyl groups excluding tert-OH is 2. The molecule has 11 heteroatoms. The molecule has 0 aliphatic carbocycles. The molecule has 0 radical (unpaired) electrons. The number of rotatable bonds is 6. The van der Waals surface area contributed by atoms with Crippen molar-refractivity contribution in [2.24, 2.45) is 5.73 Å². The third-order valence-corrected chi connectivity index (χ3v) is 3.70. The van der Waals surface area contributed by atoms with Gasteiger partial charge in [0.1, 0.15) is 12.2 Å². The highest BCUT2D eigenvalue weighted by atomic mass is 19.1. The van der Waals surface area contributed by atoms with E-state index in [0.29, 0.717) is 4.57 Å². The SMILES string of the molecule is N[C@H](CC(=O)O)Cn1c(=O)ccn([C@@H]2O[C@H](CO)C(O)[C@H]2F)c1=O. The van der Waals surface area contributed by atoms with Crippen LogP contribution in [0.3, 0.4) is 0 Å². The van der Waals surface area contributed by atoms with Gasteiger partial charge in [-0.25, -0.2) is 9.18 Å². The van der Waals surface area contributed by atoms with Crippen molar-refractivity contribution >= 4 is 5.97 Å². The maximum atomic E-state index is 14.1. The summed E-state index contributed by atoms with van der Waals surface area (Å²) in [7, 11) is 0. The van der Waals surface area contributed by atoms with Crippen LogP contribution in [0.25, 0.3) is 0 Å². The lowest BCUT2D eigenvalue weighted by Gasteiger charge is -2.18. The molecule has 5 atom stereocenters. The second-order valence-electron chi connectivity index (χ2n) is 5.50. The van der Waals surface area contributed by atoms with Crippen LogP contribution in [0.2, 0.25) is 0 Å². The molecule has 0 spiro atoms. The second-order valence-corrected chi connectivity index (χ2v) is 5.50. The Morgan fingerprint density at radius 3 is 2.67 bits per heavy atom. The van der Waals surface area contributed by atoms with E-state index < -0.39 is 60.9 Å². The van der Waals surface area contributed by atoms with Crippen LogP contribution in [0.1, 0.15) is 12.6 Å². The third kappa shape index (κ3) is 3.53. The van der Waals surface area contributed by atoms with Gasteiger partial charge in [-0.15, -0.1) is 0 Å². The van der Waals surface area contributed by atoms with Gasteiger partial charge in [0.2, 0.25) is 0 Å². The first-order valence-electron chi connectivity index (χ1n) is 7.14. The summed E-state index contributed by atoms with van der Waals surface area (Å²) in [6.07, 6.45) is -5.79.